The van der Waals surface area contributed by atoms with Crippen molar-refractivity contribution in [3.05, 3.63) is 52.6 Å². The molecular weight excluding hydrogens is 242 g/mol. The van der Waals surface area contributed by atoms with Crippen LogP contribution in [-0.2, 0) is 10.2 Å². The second kappa shape index (κ2) is 5.10. The number of carbonyl (C=O) groups is 1. The zero-order valence-electron chi connectivity index (χ0n) is 9.35. The molecule has 0 radical (unpaired) electrons. The van der Waals surface area contributed by atoms with Crippen LogP contribution in [0.5, 0.6) is 0 Å². The first-order valence-corrected chi connectivity index (χ1v) is 5.35. The Hall–Kier alpha value is -1.68. The number of halogens is 1. The summed E-state index contributed by atoms with van der Waals surface area (Å²) in [7, 11) is 0. The van der Waals surface area contributed by atoms with Crippen LogP contribution in [0.2, 0.25) is 0 Å². The largest absolute Gasteiger partial charge is 0.280 e. The number of nitro groups is 1. The van der Waals surface area contributed by atoms with E-state index in [9.17, 15) is 14.9 Å². The van der Waals surface area contributed by atoms with Gasteiger partial charge in [0, 0.05) is 12.1 Å². The maximum absolute atomic E-state index is 11.5. The van der Waals surface area contributed by atoms with Crippen molar-refractivity contribution in [3.63, 3.8) is 0 Å². The highest BCUT2D eigenvalue weighted by Gasteiger charge is 2.33. The molecule has 1 rings (SSSR count). The van der Waals surface area contributed by atoms with E-state index in [1.165, 1.54) is 18.2 Å². The van der Waals surface area contributed by atoms with Crippen molar-refractivity contribution in [1.29, 1.82) is 0 Å². The van der Waals surface area contributed by atoms with Crippen molar-refractivity contribution in [2.24, 2.45) is 0 Å². The van der Waals surface area contributed by atoms with E-state index in [4.69, 9.17) is 11.6 Å². The summed E-state index contributed by atoms with van der Waals surface area (Å²) in [6.45, 7) is 5.21. The lowest BCUT2D eigenvalue weighted by Gasteiger charge is -2.24. The zero-order valence-corrected chi connectivity index (χ0v) is 10.1. The molecule has 0 spiro atoms. The van der Waals surface area contributed by atoms with Crippen molar-refractivity contribution in [2.75, 3.05) is 0 Å². The normalized spacial score (nSPS) is 13.8. The van der Waals surface area contributed by atoms with Gasteiger partial charge in [-0.3, -0.25) is 14.9 Å². The predicted molar refractivity (Wildman–Crippen MR) is 66.1 cm³/mol. The number of nitro benzene ring substituents is 1. The van der Waals surface area contributed by atoms with Crippen LogP contribution in [0.4, 0.5) is 5.69 Å². The molecule has 0 amide bonds. The number of non-ortho nitro benzene ring substituents is 1. The van der Waals surface area contributed by atoms with E-state index in [0.29, 0.717) is 12.0 Å². The molecule has 0 saturated heterocycles. The topological polar surface area (TPSA) is 60.2 Å². The van der Waals surface area contributed by atoms with Gasteiger partial charge in [-0.05, 0) is 30.5 Å². The van der Waals surface area contributed by atoms with Crippen molar-refractivity contribution >= 4 is 22.5 Å². The average molecular weight is 254 g/mol. The highest BCUT2D eigenvalue weighted by molar-refractivity contribution is 6.65. The van der Waals surface area contributed by atoms with Gasteiger partial charge in [-0.1, -0.05) is 18.2 Å². The number of hydrogen-bond acceptors (Lipinski definition) is 3. The summed E-state index contributed by atoms with van der Waals surface area (Å²) in [6.07, 6.45) is 1.90. The van der Waals surface area contributed by atoms with Crippen molar-refractivity contribution in [2.45, 2.75) is 18.8 Å². The monoisotopic (exact) mass is 253 g/mol. The lowest BCUT2D eigenvalue weighted by atomic mass is 9.80. The summed E-state index contributed by atoms with van der Waals surface area (Å²) >= 11 is 5.57. The molecule has 0 aliphatic carbocycles. The SMILES string of the molecule is C=CCC(C)(C(=O)Cl)c1cccc([N+](=O)[O-])c1. The third-order valence-electron chi connectivity index (χ3n) is 2.68. The number of nitrogens with zero attached hydrogens (tertiary/aromatic N) is 1. The lowest BCUT2D eigenvalue weighted by molar-refractivity contribution is -0.384. The van der Waals surface area contributed by atoms with E-state index in [-0.39, 0.29) is 5.69 Å². The highest BCUT2D eigenvalue weighted by Crippen LogP contribution is 2.32. The Kier molecular flexibility index (Phi) is 4.02. The summed E-state index contributed by atoms with van der Waals surface area (Å²) in [5.74, 6) is 0. The van der Waals surface area contributed by atoms with Gasteiger partial charge in [0.15, 0.2) is 0 Å². The first kappa shape index (κ1) is 13.4. The van der Waals surface area contributed by atoms with Gasteiger partial charge in [-0.2, -0.15) is 0 Å². The molecule has 4 nitrogen and oxygen atoms in total. The minimum Gasteiger partial charge on any atom is -0.280 e. The summed E-state index contributed by atoms with van der Waals surface area (Å²) in [4.78, 5) is 21.7. The molecule has 1 atom stereocenters. The Morgan fingerprint density at radius 2 is 2.29 bits per heavy atom. The van der Waals surface area contributed by atoms with Gasteiger partial charge in [-0.15, -0.1) is 6.58 Å². The van der Waals surface area contributed by atoms with E-state index in [0.717, 1.165) is 0 Å². The van der Waals surface area contributed by atoms with Crippen molar-refractivity contribution in [3.8, 4) is 0 Å². The third kappa shape index (κ3) is 2.71. The van der Waals surface area contributed by atoms with E-state index in [2.05, 4.69) is 6.58 Å². The maximum Gasteiger partial charge on any atom is 0.269 e. The zero-order chi connectivity index (χ0) is 13.1. The van der Waals surface area contributed by atoms with Crippen LogP contribution in [-0.4, -0.2) is 10.2 Å². The van der Waals surface area contributed by atoms with Crippen LogP contribution in [0.3, 0.4) is 0 Å². The third-order valence-corrected chi connectivity index (χ3v) is 3.10. The second-order valence-corrected chi connectivity index (χ2v) is 4.25. The standard InChI is InChI=1S/C12H12ClNO3/c1-3-7-12(2,11(13)15)9-5-4-6-10(8-9)14(16)17/h3-6,8H,1,7H2,2H3. The second-order valence-electron chi connectivity index (χ2n) is 3.91. The summed E-state index contributed by atoms with van der Waals surface area (Å²) in [6, 6.07) is 5.92. The molecule has 0 fully saturated rings. The van der Waals surface area contributed by atoms with Crippen LogP contribution in [0.1, 0.15) is 18.9 Å². The molecule has 1 unspecified atom stereocenters. The molecule has 0 aliphatic rings. The molecule has 5 heteroatoms. The smallest absolute Gasteiger partial charge is 0.269 e. The Morgan fingerprint density at radius 3 is 2.76 bits per heavy atom. The summed E-state index contributed by atoms with van der Waals surface area (Å²) in [5.41, 5.74) is -0.516. The van der Waals surface area contributed by atoms with E-state index in [1.54, 1.807) is 19.1 Å². The molecule has 17 heavy (non-hydrogen) atoms. The van der Waals surface area contributed by atoms with Crippen LogP contribution < -0.4 is 0 Å². The Balaban J connectivity index is 3.28. The molecule has 90 valence electrons. The molecule has 0 aliphatic heterocycles. The molecule has 0 aromatic heterocycles. The first-order valence-electron chi connectivity index (χ1n) is 4.97. The average Bonchev–Trinajstić information content (AvgIpc) is 2.29. The molecule has 1 aromatic rings. The lowest BCUT2D eigenvalue weighted by Crippen LogP contribution is -2.28. The molecule has 1 aromatic carbocycles. The number of rotatable bonds is 5. The quantitative estimate of drug-likeness (QED) is 0.350. The summed E-state index contributed by atoms with van der Waals surface area (Å²) in [5, 5.41) is 10.1. The van der Waals surface area contributed by atoms with Gasteiger partial charge in [-0.25, -0.2) is 0 Å². The fraction of sp³-hybridized carbons (Fsp3) is 0.250. The van der Waals surface area contributed by atoms with Gasteiger partial charge >= 0.3 is 0 Å². The summed E-state index contributed by atoms with van der Waals surface area (Å²) < 4.78 is 0. The molecule has 0 saturated carbocycles. The minimum absolute atomic E-state index is 0.0595. The Bertz CT molecular complexity index is 473. The number of benzene rings is 1. The number of hydrogen-bond donors (Lipinski definition) is 0. The van der Waals surface area contributed by atoms with Gasteiger partial charge in [0.05, 0.1) is 10.3 Å². The van der Waals surface area contributed by atoms with Crippen molar-refractivity contribution in [1.82, 2.24) is 0 Å². The minimum atomic E-state index is -0.977. The number of allylic oxidation sites excluding steroid dienone is 1. The van der Waals surface area contributed by atoms with E-state index >= 15 is 0 Å². The Labute approximate surface area is 104 Å². The predicted octanol–water partition coefficient (Wildman–Crippen LogP) is 3.19. The van der Waals surface area contributed by atoms with Gasteiger partial charge in [0.1, 0.15) is 0 Å². The maximum atomic E-state index is 11.5. The van der Waals surface area contributed by atoms with Gasteiger partial charge in [0.2, 0.25) is 5.24 Å². The molecule has 0 N–H and O–H groups in total. The van der Waals surface area contributed by atoms with E-state index < -0.39 is 15.6 Å². The Morgan fingerprint density at radius 1 is 1.65 bits per heavy atom. The fourth-order valence-corrected chi connectivity index (χ4v) is 1.75. The van der Waals surface area contributed by atoms with Crippen molar-refractivity contribution < 1.29 is 9.72 Å². The molecular formula is C12H12ClNO3. The van der Waals surface area contributed by atoms with Gasteiger partial charge in [0.25, 0.3) is 5.69 Å². The molecule has 0 bridgehead atoms. The van der Waals surface area contributed by atoms with Gasteiger partial charge < -0.3 is 0 Å². The first-order chi connectivity index (χ1) is 7.91. The van der Waals surface area contributed by atoms with Crippen LogP contribution in [0.15, 0.2) is 36.9 Å². The highest BCUT2D eigenvalue weighted by atomic mass is 35.5. The van der Waals surface area contributed by atoms with Crippen LogP contribution in [0, 0.1) is 10.1 Å². The van der Waals surface area contributed by atoms with E-state index in [1.807, 2.05) is 0 Å². The van der Waals surface area contributed by atoms with Crippen LogP contribution in [0.25, 0.3) is 0 Å². The van der Waals surface area contributed by atoms with Crippen LogP contribution >= 0.6 is 11.6 Å². The fourth-order valence-electron chi connectivity index (χ4n) is 1.56. The number of carbonyl (C=O) groups excluding carboxylic acids is 1. The molecule has 0 heterocycles.